The molecule has 0 spiro atoms. The Morgan fingerprint density at radius 2 is 2.12 bits per heavy atom. The number of carbonyl (C=O) groups excluding carboxylic acids is 1. The molecule has 1 N–H and O–H groups in total. The average Bonchev–Trinajstić information content (AvgIpc) is 3.24. The first-order valence-electron chi connectivity index (χ1n) is 7.59. The quantitative estimate of drug-likeness (QED) is 0.484. The standard InChI is InChI=1S/C14H16N6O3S/c21-13(15-11-7-3-4-8-12(11)20(22)23)9-24-14-16-17-18-19(14)10-5-1-2-6-10/h3-4,7-8,10H,1-2,5-6,9H2,(H,15,21). The molecule has 0 unspecified atom stereocenters. The van der Waals surface area contributed by atoms with Crippen molar-refractivity contribution in [2.45, 2.75) is 36.9 Å². The van der Waals surface area contributed by atoms with E-state index >= 15 is 0 Å². The molecular formula is C14H16N6O3S. The van der Waals surface area contributed by atoms with Crippen LogP contribution in [0, 0.1) is 10.1 Å². The molecule has 0 atom stereocenters. The minimum atomic E-state index is -0.524. The summed E-state index contributed by atoms with van der Waals surface area (Å²) in [5.74, 6) is -0.255. The van der Waals surface area contributed by atoms with Gasteiger partial charge in [-0.05, 0) is 29.3 Å². The van der Waals surface area contributed by atoms with E-state index in [0.29, 0.717) is 11.2 Å². The van der Waals surface area contributed by atoms with E-state index in [2.05, 4.69) is 20.8 Å². The third-order valence-electron chi connectivity index (χ3n) is 3.84. The number of nitro benzene ring substituents is 1. The number of nitro groups is 1. The Labute approximate surface area is 142 Å². The van der Waals surface area contributed by atoms with Gasteiger partial charge in [-0.15, -0.1) is 5.10 Å². The fraction of sp³-hybridized carbons (Fsp3) is 0.429. The molecule has 1 amide bonds. The van der Waals surface area contributed by atoms with E-state index in [-0.39, 0.29) is 23.0 Å². The summed E-state index contributed by atoms with van der Waals surface area (Å²) in [6.07, 6.45) is 4.40. The Morgan fingerprint density at radius 3 is 2.88 bits per heavy atom. The van der Waals surface area contributed by atoms with E-state index in [0.717, 1.165) is 25.7 Å². The molecule has 1 heterocycles. The smallest absolute Gasteiger partial charge is 0.292 e. The Balaban J connectivity index is 1.61. The van der Waals surface area contributed by atoms with Crippen molar-refractivity contribution in [2.75, 3.05) is 11.1 Å². The van der Waals surface area contributed by atoms with Gasteiger partial charge in [-0.25, -0.2) is 4.68 Å². The maximum absolute atomic E-state index is 12.1. The maximum Gasteiger partial charge on any atom is 0.292 e. The number of nitrogens with one attached hydrogen (secondary N) is 1. The number of benzene rings is 1. The second-order valence-corrected chi connectivity index (χ2v) is 6.40. The molecule has 9 nitrogen and oxygen atoms in total. The zero-order chi connectivity index (χ0) is 16.9. The Bertz CT molecular complexity index is 744. The number of rotatable bonds is 6. The summed E-state index contributed by atoms with van der Waals surface area (Å²) in [6, 6.07) is 6.34. The van der Waals surface area contributed by atoms with Crippen molar-refractivity contribution in [2.24, 2.45) is 0 Å². The highest BCUT2D eigenvalue weighted by atomic mass is 32.2. The van der Waals surface area contributed by atoms with Crippen LogP contribution in [-0.4, -0.2) is 36.8 Å². The van der Waals surface area contributed by atoms with E-state index in [9.17, 15) is 14.9 Å². The number of thioether (sulfide) groups is 1. The summed E-state index contributed by atoms with van der Waals surface area (Å²) in [6.45, 7) is 0. The number of para-hydroxylation sites is 2. The van der Waals surface area contributed by atoms with Gasteiger partial charge in [0.25, 0.3) is 5.69 Å². The van der Waals surface area contributed by atoms with Crippen LogP contribution in [0.15, 0.2) is 29.4 Å². The van der Waals surface area contributed by atoms with Crippen LogP contribution >= 0.6 is 11.8 Å². The fourth-order valence-corrected chi connectivity index (χ4v) is 3.46. The number of anilines is 1. The molecule has 3 rings (SSSR count). The highest BCUT2D eigenvalue weighted by molar-refractivity contribution is 7.99. The SMILES string of the molecule is O=C(CSc1nnnn1C1CCCC1)Nc1ccccc1[N+](=O)[O-]. The molecule has 1 aromatic heterocycles. The minimum absolute atomic E-state index is 0.0825. The predicted octanol–water partition coefficient (Wildman–Crippen LogP) is 2.43. The van der Waals surface area contributed by atoms with Gasteiger partial charge >= 0.3 is 0 Å². The van der Waals surface area contributed by atoms with Crippen molar-refractivity contribution in [3.8, 4) is 0 Å². The van der Waals surface area contributed by atoms with Crippen molar-refractivity contribution in [3.63, 3.8) is 0 Å². The second kappa shape index (κ2) is 7.39. The first-order chi connectivity index (χ1) is 11.6. The number of carbonyl (C=O) groups is 1. The molecule has 0 saturated heterocycles. The largest absolute Gasteiger partial charge is 0.320 e. The topological polar surface area (TPSA) is 116 Å². The Kier molecular flexibility index (Phi) is 5.04. The van der Waals surface area contributed by atoms with E-state index in [4.69, 9.17) is 0 Å². The monoisotopic (exact) mass is 348 g/mol. The van der Waals surface area contributed by atoms with Crippen molar-refractivity contribution in [1.82, 2.24) is 20.2 Å². The normalized spacial score (nSPS) is 14.7. The zero-order valence-electron chi connectivity index (χ0n) is 12.8. The first kappa shape index (κ1) is 16.4. The molecule has 10 heteroatoms. The third-order valence-corrected chi connectivity index (χ3v) is 4.77. The molecule has 0 aliphatic heterocycles. The van der Waals surface area contributed by atoms with Gasteiger partial charge in [0.15, 0.2) is 0 Å². The average molecular weight is 348 g/mol. The number of tetrazole rings is 1. The lowest BCUT2D eigenvalue weighted by molar-refractivity contribution is -0.383. The molecular weight excluding hydrogens is 332 g/mol. The van der Waals surface area contributed by atoms with Crippen molar-refractivity contribution < 1.29 is 9.72 Å². The van der Waals surface area contributed by atoms with Crippen LogP contribution in [0.1, 0.15) is 31.7 Å². The van der Waals surface area contributed by atoms with Crippen LogP contribution in [0.5, 0.6) is 0 Å². The molecule has 0 bridgehead atoms. The Morgan fingerprint density at radius 1 is 1.38 bits per heavy atom. The summed E-state index contributed by atoms with van der Waals surface area (Å²) in [5, 5.41) is 25.8. The summed E-state index contributed by atoms with van der Waals surface area (Å²) in [5.41, 5.74) is 0.0510. The molecule has 126 valence electrons. The van der Waals surface area contributed by atoms with Gasteiger partial charge < -0.3 is 5.32 Å². The number of amides is 1. The van der Waals surface area contributed by atoms with E-state index < -0.39 is 4.92 Å². The van der Waals surface area contributed by atoms with Crippen LogP contribution in [0.3, 0.4) is 0 Å². The van der Waals surface area contributed by atoms with Gasteiger partial charge in [-0.3, -0.25) is 14.9 Å². The van der Waals surface area contributed by atoms with Gasteiger partial charge in [0.1, 0.15) is 5.69 Å². The number of nitrogens with zero attached hydrogens (tertiary/aromatic N) is 5. The lowest BCUT2D eigenvalue weighted by atomic mass is 10.2. The molecule has 1 aromatic carbocycles. The number of aromatic nitrogens is 4. The van der Waals surface area contributed by atoms with Gasteiger partial charge in [0, 0.05) is 6.07 Å². The van der Waals surface area contributed by atoms with Crippen LogP contribution in [0.4, 0.5) is 11.4 Å². The molecule has 1 aliphatic rings. The second-order valence-electron chi connectivity index (χ2n) is 5.46. The lowest BCUT2D eigenvalue weighted by Crippen LogP contribution is -2.16. The summed E-state index contributed by atoms with van der Waals surface area (Å²) < 4.78 is 1.77. The molecule has 1 fully saturated rings. The molecule has 0 radical (unpaired) electrons. The minimum Gasteiger partial charge on any atom is -0.320 e. The molecule has 1 aliphatic carbocycles. The summed E-state index contributed by atoms with van der Waals surface area (Å²) >= 11 is 1.23. The number of hydrogen-bond acceptors (Lipinski definition) is 7. The molecule has 24 heavy (non-hydrogen) atoms. The van der Waals surface area contributed by atoms with Crippen LogP contribution in [-0.2, 0) is 4.79 Å². The fourth-order valence-electron chi connectivity index (χ4n) is 2.71. The van der Waals surface area contributed by atoms with Crippen LogP contribution in [0.25, 0.3) is 0 Å². The molecule has 2 aromatic rings. The zero-order valence-corrected chi connectivity index (χ0v) is 13.6. The highest BCUT2D eigenvalue weighted by Crippen LogP contribution is 2.31. The summed E-state index contributed by atoms with van der Waals surface area (Å²) in [7, 11) is 0. The highest BCUT2D eigenvalue weighted by Gasteiger charge is 2.22. The third kappa shape index (κ3) is 3.70. The van der Waals surface area contributed by atoms with E-state index in [1.807, 2.05) is 0 Å². The van der Waals surface area contributed by atoms with E-state index in [1.54, 1.807) is 16.8 Å². The van der Waals surface area contributed by atoms with Gasteiger partial charge in [-0.1, -0.05) is 36.7 Å². The Hall–Kier alpha value is -2.49. The van der Waals surface area contributed by atoms with Crippen molar-refractivity contribution >= 4 is 29.0 Å². The first-order valence-corrected chi connectivity index (χ1v) is 8.57. The molecule has 1 saturated carbocycles. The van der Waals surface area contributed by atoms with Gasteiger partial charge in [0.05, 0.1) is 16.7 Å². The lowest BCUT2D eigenvalue weighted by Gasteiger charge is -2.10. The van der Waals surface area contributed by atoms with E-state index in [1.165, 1.54) is 23.9 Å². The van der Waals surface area contributed by atoms with Crippen LogP contribution in [0.2, 0.25) is 0 Å². The summed E-state index contributed by atoms with van der Waals surface area (Å²) in [4.78, 5) is 22.5. The van der Waals surface area contributed by atoms with Crippen molar-refractivity contribution in [1.29, 1.82) is 0 Å². The number of hydrogen-bond donors (Lipinski definition) is 1. The predicted molar refractivity (Wildman–Crippen MR) is 87.8 cm³/mol. The van der Waals surface area contributed by atoms with Gasteiger partial charge in [-0.2, -0.15) is 0 Å². The van der Waals surface area contributed by atoms with Crippen molar-refractivity contribution in [3.05, 3.63) is 34.4 Å². The van der Waals surface area contributed by atoms with Gasteiger partial charge in [0.2, 0.25) is 11.1 Å². The maximum atomic E-state index is 12.1. The van der Waals surface area contributed by atoms with Crippen LogP contribution < -0.4 is 5.32 Å².